The maximum Gasteiger partial charge on any atom is 0.381 e. The smallest absolute Gasteiger partial charge is 0.381 e. The molecule has 0 bridgehead atoms. The van der Waals surface area contributed by atoms with Crippen LogP contribution in [-0.4, -0.2) is 10.1 Å². The molecule has 1 nitrogen and oxygen atoms in total. The van der Waals surface area contributed by atoms with Crippen LogP contribution in [0.15, 0.2) is 0 Å². The third kappa shape index (κ3) is 11.6. The molecule has 28 valence electrons. The predicted molar refractivity (Wildman–Crippen MR) is 6.44 cm³/mol. The van der Waals surface area contributed by atoms with E-state index in [0.717, 1.165) is 0 Å². The fourth-order valence-corrected chi connectivity index (χ4v) is 0. The Hall–Kier alpha value is 1.06. The van der Waals surface area contributed by atoms with Crippen molar-refractivity contribution in [3.8, 4) is 0 Å². The molecule has 0 saturated carbocycles. The van der Waals surface area contributed by atoms with Gasteiger partial charge in [0.1, 0.15) is 0 Å². The van der Waals surface area contributed by atoms with Gasteiger partial charge in [-0.1, -0.05) is 0 Å². The van der Waals surface area contributed by atoms with Crippen molar-refractivity contribution in [3.05, 3.63) is 0 Å². The van der Waals surface area contributed by atoms with E-state index in [1.165, 1.54) is 0 Å². The van der Waals surface area contributed by atoms with Crippen LogP contribution in [0.3, 0.4) is 0 Å². The Kier molecular flexibility index (Phi) is 167. The fraction of sp³-hybridized carbons (Fsp3) is 0. The first-order valence-electron chi connectivity index (χ1n) is 0.204. The zero-order chi connectivity index (χ0) is 2.00. The zero-order valence-corrected chi connectivity index (χ0v) is 4.71. The largest absolute Gasteiger partial charge is 0.381 e. The number of rotatable bonds is 0. The Morgan fingerprint density at radius 2 is 1.25 bits per heavy atom. The first kappa shape index (κ1) is 19.7. The molecular weight excluding hydrogens is 163 g/mol. The molecular formula is CuMnOSi. The van der Waals surface area contributed by atoms with E-state index in [-0.39, 0.29) is 34.1 Å². The summed E-state index contributed by atoms with van der Waals surface area (Å²) in [4.78, 5) is 0. The monoisotopic (exact) mass is 162 g/mol. The molecule has 0 heterocycles. The van der Waals surface area contributed by atoms with Crippen molar-refractivity contribution in [2.75, 3.05) is 0 Å². The van der Waals surface area contributed by atoms with Gasteiger partial charge >= 0.3 is 10.1 Å². The second-order valence-corrected chi connectivity index (χ2v) is 0. The summed E-state index contributed by atoms with van der Waals surface area (Å²) < 4.78 is 8.06. The third-order valence-electron chi connectivity index (χ3n) is 0. The summed E-state index contributed by atoms with van der Waals surface area (Å²) in [7, 11) is 1.72. The summed E-state index contributed by atoms with van der Waals surface area (Å²) in [6.07, 6.45) is 0. The van der Waals surface area contributed by atoms with Crippen LogP contribution in [0, 0.1) is 0 Å². The number of hydrogen-bond donors (Lipinski definition) is 0. The molecule has 4 heteroatoms. The Morgan fingerprint density at radius 1 is 1.25 bits per heavy atom. The minimum atomic E-state index is 0. The van der Waals surface area contributed by atoms with Gasteiger partial charge in [-0.25, -0.2) is 0 Å². The van der Waals surface area contributed by atoms with E-state index in [2.05, 4.69) is 0 Å². The van der Waals surface area contributed by atoms with E-state index >= 15 is 0 Å². The minimum absolute atomic E-state index is 0. The molecule has 0 N–H and O–H groups in total. The van der Waals surface area contributed by atoms with Crippen molar-refractivity contribution >= 4 is 10.1 Å². The summed E-state index contributed by atoms with van der Waals surface area (Å²) in [5.74, 6) is 0. The Balaban J connectivity index is -0.00000000500. The van der Waals surface area contributed by atoms with E-state index in [1.54, 1.807) is 10.1 Å². The van der Waals surface area contributed by atoms with Crippen LogP contribution in [-0.2, 0) is 38.6 Å². The van der Waals surface area contributed by atoms with Crippen molar-refractivity contribution in [2.45, 2.75) is 0 Å². The quantitative estimate of drug-likeness (QED) is 0.439. The van der Waals surface area contributed by atoms with Crippen molar-refractivity contribution in [1.82, 2.24) is 0 Å². The molecule has 4 heavy (non-hydrogen) atoms. The van der Waals surface area contributed by atoms with Gasteiger partial charge in [0.15, 0.2) is 0 Å². The first-order valence-corrected chi connectivity index (χ1v) is 0.612. The summed E-state index contributed by atoms with van der Waals surface area (Å²) >= 11 is 0. The molecule has 0 amide bonds. The van der Waals surface area contributed by atoms with Gasteiger partial charge in [0.05, 0.1) is 0 Å². The molecule has 0 aliphatic heterocycles. The molecule has 0 unspecified atom stereocenters. The molecule has 0 aromatic rings. The van der Waals surface area contributed by atoms with Gasteiger partial charge in [-0.05, 0) is 0 Å². The molecule has 0 aliphatic rings. The molecule has 0 saturated heterocycles. The second kappa shape index (κ2) is 34.0. The number of hydrogen-bond acceptors (Lipinski definition) is 1. The average molecular weight is 163 g/mol. The third-order valence-corrected chi connectivity index (χ3v) is 0. The minimum Gasteiger partial charge on any atom is -0.381 e. The van der Waals surface area contributed by atoms with Crippen molar-refractivity contribution in [2.24, 2.45) is 0 Å². The maximum absolute atomic E-state index is 8.06. The van der Waals surface area contributed by atoms with Gasteiger partial charge in [0.25, 0.3) is 0 Å². The van der Waals surface area contributed by atoms with E-state index in [4.69, 9.17) is 4.46 Å². The van der Waals surface area contributed by atoms with Crippen LogP contribution in [0.5, 0.6) is 0 Å². The topological polar surface area (TPSA) is 17.1 Å². The van der Waals surface area contributed by atoms with Gasteiger partial charge in [-0.3, -0.25) is 0 Å². The van der Waals surface area contributed by atoms with Crippen LogP contribution in [0.4, 0.5) is 0 Å². The van der Waals surface area contributed by atoms with Gasteiger partial charge in [-0.15, -0.1) is 0 Å². The van der Waals surface area contributed by atoms with Crippen molar-refractivity contribution in [3.63, 3.8) is 0 Å². The van der Waals surface area contributed by atoms with Crippen LogP contribution >= 0.6 is 0 Å². The predicted octanol–water partition coefficient (Wildman–Crippen LogP) is -0.505. The molecule has 0 aromatic heterocycles. The molecule has 0 atom stereocenters. The van der Waals surface area contributed by atoms with Gasteiger partial charge in [-0.2, -0.15) is 0 Å². The normalized spacial score (nSPS) is 1.00. The summed E-state index contributed by atoms with van der Waals surface area (Å²) in [5, 5.41) is 0. The summed E-state index contributed by atoms with van der Waals surface area (Å²) in [5.41, 5.74) is 0. The van der Waals surface area contributed by atoms with Crippen LogP contribution in [0.2, 0.25) is 0 Å². The van der Waals surface area contributed by atoms with E-state index in [9.17, 15) is 0 Å². The van der Waals surface area contributed by atoms with E-state index in [1.807, 2.05) is 0 Å². The summed E-state index contributed by atoms with van der Waals surface area (Å²) in [6.45, 7) is 0. The van der Waals surface area contributed by atoms with Crippen molar-refractivity contribution < 1.29 is 38.6 Å². The van der Waals surface area contributed by atoms with Gasteiger partial charge in [0.2, 0.25) is 0 Å². The summed E-state index contributed by atoms with van der Waals surface area (Å²) in [6, 6.07) is 0. The van der Waals surface area contributed by atoms with Crippen LogP contribution in [0.1, 0.15) is 0 Å². The molecule has 4 radical (unpaired) electrons. The standard InChI is InChI=1S/Cu.Mn.OSi/c;;1-2. The van der Waals surface area contributed by atoms with E-state index in [0.29, 0.717) is 0 Å². The Morgan fingerprint density at radius 3 is 1.25 bits per heavy atom. The molecule has 0 spiro atoms. The zero-order valence-electron chi connectivity index (χ0n) is 1.59. The first-order chi connectivity index (χ1) is 1.00. The maximum atomic E-state index is 8.06. The van der Waals surface area contributed by atoms with Crippen LogP contribution < -0.4 is 0 Å². The SMILES string of the molecule is O=[Si].[Cu].[Mn]. The molecule has 0 fully saturated rings. The fourth-order valence-electron chi connectivity index (χ4n) is 0. The van der Waals surface area contributed by atoms with Gasteiger partial charge < -0.3 is 4.46 Å². The molecule has 0 rings (SSSR count). The van der Waals surface area contributed by atoms with Crippen molar-refractivity contribution in [1.29, 1.82) is 0 Å². The molecule has 0 aliphatic carbocycles. The Labute approximate surface area is 49.0 Å². The van der Waals surface area contributed by atoms with E-state index < -0.39 is 0 Å². The molecule has 0 aromatic carbocycles. The second-order valence-electron chi connectivity index (χ2n) is 0. The van der Waals surface area contributed by atoms with Gasteiger partial charge in [0, 0.05) is 34.1 Å². The average Bonchev–Trinajstić information content (AvgIpc) is 1.00. The Bertz CT molecular complexity index is 8.00. The van der Waals surface area contributed by atoms with Crippen LogP contribution in [0.25, 0.3) is 0 Å².